The van der Waals surface area contributed by atoms with Gasteiger partial charge in [0.1, 0.15) is 0 Å². The Hall–Kier alpha value is -7.30. The molecule has 55 heavy (non-hydrogen) atoms. The van der Waals surface area contributed by atoms with Crippen molar-refractivity contribution in [1.29, 1.82) is 0 Å². The van der Waals surface area contributed by atoms with Crippen LogP contribution in [0.15, 0.2) is 182 Å². The quantitative estimate of drug-likeness (QED) is 0.183. The van der Waals surface area contributed by atoms with Gasteiger partial charge in [0.05, 0.1) is 22.5 Å². The van der Waals surface area contributed by atoms with E-state index in [1.807, 2.05) is 42.7 Å². The van der Waals surface area contributed by atoms with Crippen molar-refractivity contribution in [2.45, 2.75) is 5.41 Å². The highest BCUT2D eigenvalue weighted by molar-refractivity contribution is 5.98. The molecular formula is C51H32N4. The minimum Gasteiger partial charge on any atom is -0.264 e. The van der Waals surface area contributed by atoms with Crippen molar-refractivity contribution in [3.05, 3.63) is 216 Å². The van der Waals surface area contributed by atoms with Crippen molar-refractivity contribution in [3.63, 3.8) is 0 Å². The first-order valence-corrected chi connectivity index (χ1v) is 18.6. The molecule has 4 nitrogen and oxygen atoms in total. The minimum atomic E-state index is -0.564. The summed E-state index contributed by atoms with van der Waals surface area (Å²) in [5.74, 6) is 0.625. The zero-order valence-electron chi connectivity index (χ0n) is 29.8. The summed E-state index contributed by atoms with van der Waals surface area (Å²) < 4.78 is 0. The second-order valence-electron chi connectivity index (χ2n) is 14.3. The van der Waals surface area contributed by atoms with Crippen molar-refractivity contribution in [1.82, 2.24) is 19.9 Å². The fourth-order valence-electron chi connectivity index (χ4n) is 8.73. The predicted molar refractivity (Wildman–Crippen MR) is 223 cm³/mol. The van der Waals surface area contributed by atoms with Gasteiger partial charge in [0.25, 0.3) is 0 Å². The highest BCUT2D eigenvalue weighted by atomic mass is 14.9. The number of hydrogen-bond donors (Lipinski definition) is 0. The van der Waals surface area contributed by atoms with E-state index < -0.39 is 5.41 Å². The van der Waals surface area contributed by atoms with E-state index in [0.717, 1.165) is 39.3 Å². The lowest BCUT2D eigenvalue weighted by Crippen LogP contribution is -2.30. The summed E-state index contributed by atoms with van der Waals surface area (Å²) in [7, 11) is 0. The van der Waals surface area contributed by atoms with Crippen LogP contribution in [0, 0.1) is 0 Å². The van der Waals surface area contributed by atoms with Crippen LogP contribution in [0.5, 0.6) is 0 Å². The second kappa shape index (κ2) is 12.4. The lowest BCUT2D eigenvalue weighted by Gasteiger charge is -2.35. The van der Waals surface area contributed by atoms with Crippen LogP contribution in [0.4, 0.5) is 0 Å². The Balaban J connectivity index is 1.16. The van der Waals surface area contributed by atoms with E-state index in [9.17, 15) is 0 Å². The van der Waals surface area contributed by atoms with Crippen LogP contribution in [-0.2, 0) is 5.41 Å². The van der Waals surface area contributed by atoms with E-state index in [0.29, 0.717) is 5.82 Å². The molecule has 1 spiro atoms. The SMILES string of the molecule is C1=Cc2ccc(-c3cc(-c4ccccc4)nc(-c4ccc(-c5cccnc5)nc4)n3)cc2C2(c3ccccc31)c1ccccc1-c1cc3ccccc3cc12. The molecule has 2 aliphatic carbocycles. The van der Waals surface area contributed by atoms with Crippen LogP contribution < -0.4 is 0 Å². The maximum atomic E-state index is 5.28. The van der Waals surface area contributed by atoms with Crippen molar-refractivity contribution in [2.75, 3.05) is 0 Å². The van der Waals surface area contributed by atoms with Crippen molar-refractivity contribution in [3.8, 4) is 56.3 Å². The molecule has 9 aromatic rings. The molecule has 0 radical (unpaired) electrons. The number of fused-ring (bicyclic) bond motifs is 10. The first-order valence-electron chi connectivity index (χ1n) is 18.6. The van der Waals surface area contributed by atoms with Crippen LogP contribution in [0.2, 0.25) is 0 Å². The lowest BCUT2D eigenvalue weighted by molar-refractivity contribution is 0.767. The maximum Gasteiger partial charge on any atom is 0.161 e. The fraction of sp³-hybridized carbons (Fsp3) is 0.0196. The second-order valence-corrected chi connectivity index (χ2v) is 14.3. The zero-order valence-corrected chi connectivity index (χ0v) is 29.8. The number of rotatable bonds is 4. The summed E-state index contributed by atoms with van der Waals surface area (Å²) >= 11 is 0. The number of pyridine rings is 2. The molecular weight excluding hydrogens is 669 g/mol. The molecule has 6 aromatic carbocycles. The summed E-state index contributed by atoms with van der Waals surface area (Å²) in [6.45, 7) is 0. The van der Waals surface area contributed by atoms with Crippen LogP contribution in [0.1, 0.15) is 33.4 Å². The van der Waals surface area contributed by atoms with Crippen LogP contribution in [-0.4, -0.2) is 19.9 Å². The lowest BCUT2D eigenvalue weighted by atomic mass is 9.65. The third kappa shape index (κ3) is 4.92. The molecule has 2 aliphatic rings. The van der Waals surface area contributed by atoms with E-state index in [4.69, 9.17) is 15.0 Å². The van der Waals surface area contributed by atoms with Crippen molar-refractivity contribution in [2.24, 2.45) is 0 Å². The maximum absolute atomic E-state index is 5.28. The van der Waals surface area contributed by atoms with Gasteiger partial charge in [-0.15, -0.1) is 0 Å². The van der Waals surface area contributed by atoms with Gasteiger partial charge in [-0.3, -0.25) is 9.97 Å². The van der Waals surface area contributed by atoms with Gasteiger partial charge in [-0.1, -0.05) is 127 Å². The summed E-state index contributed by atoms with van der Waals surface area (Å²) in [5, 5.41) is 2.48. The number of benzene rings is 6. The van der Waals surface area contributed by atoms with Gasteiger partial charge in [0, 0.05) is 40.8 Å². The first-order chi connectivity index (χ1) is 27.2. The van der Waals surface area contributed by atoms with Crippen molar-refractivity contribution >= 4 is 22.9 Å². The monoisotopic (exact) mass is 700 g/mol. The van der Waals surface area contributed by atoms with Gasteiger partial charge in [-0.2, -0.15) is 0 Å². The Kier molecular flexibility index (Phi) is 7.04. The number of aromatic nitrogens is 4. The Morgan fingerprint density at radius 2 is 1.07 bits per heavy atom. The van der Waals surface area contributed by atoms with Gasteiger partial charge in [-0.05, 0) is 104 Å². The van der Waals surface area contributed by atoms with E-state index in [1.54, 1.807) is 6.20 Å². The molecule has 0 saturated heterocycles. The summed E-state index contributed by atoms with van der Waals surface area (Å²) in [6, 6.07) is 58.7. The third-order valence-electron chi connectivity index (χ3n) is 11.2. The predicted octanol–water partition coefficient (Wildman–Crippen LogP) is 11.9. The molecule has 1 atom stereocenters. The third-order valence-corrected chi connectivity index (χ3v) is 11.2. The Labute approximate surface area is 319 Å². The van der Waals surface area contributed by atoms with Crippen LogP contribution in [0.3, 0.4) is 0 Å². The molecule has 0 saturated carbocycles. The molecule has 11 rings (SSSR count). The Bertz CT molecular complexity index is 2970. The van der Waals surface area contributed by atoms with E-state index in [2.05, 4.69) is 151 Å². The Morgan fingerprint density at radius 1 is 0.382 bits per heavy atom. The van der Waals surface area contributed by atoms with Gasteiger partial charge in [-0.25, -0.2) is 9.97 Å². The smallest absolute Gasteiger partial charge is 0.161 e. The molecule has 3 aromatic heterocycles. The van der Waals surface area contributed by atoms with Gasteiger partial charge < -0.3 is 0 Å². The number of hydrogen-bond acceptors (Lipinski definition) is 4. The van der Waals surface area contributed by atoms with E-state index in [-0.39, 0.29) is 0 Å². The highest BCUT2D eigenvalue weighted by Crippen LogP contribution is 2.59. The number of nitrogens with zero attached hydrogens (tertiary/aromatic N) is 4. The summed E-state index contributed by atoms with van der Waals surface area (Å²) in [4.78, 5) is 19.5. The average molecular weight is 701 g/mol. The molecule has 0 N–H and O–H groups in total. The average Bonchev–Trinajstić information content (AvgIpc) is 3.45. The molecule has 0 bridgehead atoms. The van der Waals surface area contributed by atoms with Crippen molar-refractivity contribution < 1.29 is 0 Å². The summed E-state index contributed by atoms with van der Waals surface area (Å²) in [5.41, 5.74) is 15.9. The molecule has 3 heterocycles. The van der Waals surface area contributed by atoms with E-state index in [1.165, 1.54) is 55.3 Å². The van der Waals surface area contributed by atoms with Crippen LogP contribution >= 0.6 is 0 Å². The summed E-state index contributed by atoms with van der Waals surface area (Å²) in [6.07, 6.45) is 10.0. The van der Waals surface area contributed by atoms with Gasteiger partial charge >= 0.3 is 0 Å². The Morgan fingerprint density at radius 3 is 1.87 bits per heavy atom. The minimum absolute atomic E-state index is 0.564. The molecule has 4 heteroatoms. The van der Waals surface area contributed by atoms with E-state index >= 15 is 0 Å². The standard InChI is InChI=1S/C51H32N4/c1-2-12-35(13-3-1)48-30-49(55-50(54-48)40-24-25-47(53-32-40)39-16-10-26-52-31-39)38-23-22-34-21-20-33-11-6-8-18-43(33)51(45(34)29-38)44-19-9-7-17-41(44)42-27-36-14-4-5-15-37(36)28-46(42)51/h1-32H. The molecule has 0 fully saturated rings. The highest BCUT2D eigenvalue weighted by Gasteiger charge is 2.48. The fourth-order valence-corrected chi connectivity index (χ4v) is 8.73. The molecule has 0 aliphatic heterocycles. The normalized spacial score (nSPS) is 14.9. The molecule has 0 amide bonds. The van der Waals surface area contributed by atoms with Gasteiger partial charge in [0.15, 0.2) is 5.82 Å². The largest absolute Gasteiger partial charge is 0.264 e. The molecule has 256 valence electrons. The van der Waals surface area contributed by atoms with Gasteiger partial charge in [0.2, 0.25) is 0 Å². The molecule has 1 unspecified atom stereocenters. The topological polar surface area (TPSA) is 51.6 Å². The van der Waals surface area contributed by atoms with Crippen LogP contribution in [0.25, 0.3) is 79.2 Å². The zero-order chi connectivity index (χ0) is 36.3. The first kappa shape index (κ1) is 31.2.